The van der Waals surface area contributed by atoms with Crippen LogP contribution in [0.5, 0.6) is 0 Å². The number of nitrogen functional groups attached to an aromatic ring is 1. The van der Waals surface area contributed by atoms with E-state index in [-0.39, 0.29) is 10.9 Å². The largest absolute Gasteiger partial charge is 0.398 e. The third-order valence-corrected chi connectivity index (χ3v) is 3.47. The van der Waals surface area contributed by atoms with Crippen LogP contribution in [-0.4, -0.2) is 10.1 Å². The normalized spacial score (nSPS) is 10.8. The standard InChI is InChI=1S/C14H8Cl2FN3O/c15-9-5-7(1-3-11(9)17)13-19-14(21-20-13)8-2-4-12(18)10(16)6-8/h1-6H,18H2. The molecule has 1 heterocycles. The summed E-state index contributed by atoms with van der Waals surface area (Å²) >= 11 is 11.7. The molecule has 3 rings (SSSR count). The number of aromatic nitrogens is 2. The highest BCUT2D eigenvalue weighted by atomic mass is 35.5. The Morgan fingerprint density at radius 1 is 1.00 bits per heavy atom. The van der Waals surface area contributed by atoms with E-state index in [1.165, 1.54) is 18.2 Å². The number of nitrogens with zero attached hydrogens (tertiary/aromatic N) is 2. The number of hydrogen-bond donors (Lipinski definition) is 1. The molecule has 3 aromatic rings. The molecule has 2 aromatic carbocycles. The molecule has 21 heavy (non-hydrogen) atoms. The molecule has 0 aliphatic rings. The van der Waals surface area contributed by atoms with Gasteiger partial charge in [-0.15, -0.1) is 0 Å². The zero-order valence-electron chi connectivity index (χ0n) is 10.5. The first-order chi connectivity index (χ1) is 10.0. The highest BCUT2D eigenvalue weighted by Gasteiger charge is 2.13. The smallest absolute Gasteiger partial charge is 0.258 e. The van der Waals surface area contributed by atoms with Gasteiger partial charge >= 0.3 is 0 Å². The minimum Gasteiger partial charge on any atom is -0.398 e. The van der Waals surface area contributed by atoms with Crippen molar-refractivity contribution in [3.63, 3.8) is 0 Å². The second-order valence-electron chi connectivity index (χ2n) is 4.29. The predicted octanol–water partition coefficient (Wildman–Crippen LogP) is 4.43. The lowest BCUT2D eigenvalue weighted by Crippen LogP contribution is -1.87. The average Bonchev–Trinajstić information content (AvgIpc) is 2.94. The molecule has 0 saturated heterocycles. The van der Waals surface area contributed by atoms with Crippen LogP contribution in [0.2, 0.25) is 10.0 Å². The Labute approximate surface area is 129 Å². The molecule has 0 aliphatic carbocycles. The van der Waals surface area contributed by atoms with Crippen LogP contribution < -0.4 is 5.73 Å². The molecule has 1 aromatic heterocycles. The molecular weight excluding hydrogens is 316 g/mol. The van der Waals surface area contributed by atoms with Crippen molar-refractivity contribution in [3.8, 4) is 22.8 Å². The van der Waals surface area contributed by atoms with Gasteiger partial charge in [-0.05, 0) is 36.4 Å². The van der Waals surface area contributed by atoms with Crippen molar-refractivity contribution in [1.82, 2.24) is 10.1 Å². The van der Waals surface area contributed by atoms with Gasteiger partial charge in [0, 0.05) is 11.1 Å². The fraction of sp³-hybridized carbons (Fsp3) is 0. The van der Waals surface area contributed by atoms with Gasteiger partial charge in [-0.25, -0.2) is 4.39 Å². The lowest BCUT2D eigenvalue weighted by Gasteiger charge is -1.99. The first kappa shape index (κ1) is 13.9. The molecule has 4 nitrogen and oxygen atoms in total. The van der Waals surface area contributed by atoms with Gasteiger partial charge in [0.25, 0.3) is 5.89 Å². The van der Waals surface area contributed by atoms with E-state index in [4.69, 9.17) is 33.5 Å². The van der Waals surface area contributed by atoms with Gasteiger partial charge in [-0.3, -0.25) is 0 Å². The monoisotopic (exact) mass is 323 g/mol. The summed E-state index contributed by atoms with van der Waals surface area (Å²) in [6.07, 6.45) is 0. The first-order valence-electron chi connectivity index (χ1n) is 5.89. The Morgan fingerprint density at radius 3 is 2.43 bits per heavy atom. The number of halogens is 3. The maximum Gasteiger partial charge on any atom is 0.258 e. The van der Waals surface area contributed by atoms with E-state index in [1.54, 1.807) is 18.2 Å². The maximum atomic E-state index is 13.1. The van der Waals surface area contributed by atoms with Crippen molar-refractivity contribution in [2.75, 3.05) is 5.73 Å². The van der Waals surface area contributed by atoms with Gasteiger partial charge in [-0.2, -0.15) is 4.98 Å². The van der Waals surface area contributed by atoms with Crippen molar-refractivity contribution in [2.45, 2.75) is 0 Å². The second kappa shape index (κ2) is 5.35. The van der Waals surface area contributed by atoms with Crippen molar-refractivity contribution in [1.29, 1.82) is 0 Å². The minimum atomic E-state index is -0.505. The molecule has 0 aliphatic heterocycles. The maximum absolute atomic E-state index is 13.1. The van der Waals surface area contributed by atoms with Crippen molar-refractivity contribution in [3.05, 3.63) is 52.3 Å². The van der Waals surface area contributed by atoms with Crippen LogP contribution in [0.3, 0.4) is 0 Å². The zero-order valence-corrected chi connectivity index (χ0v) is 12.0. The number of benzene rings is 2. The topological polar surface area (TPSA) is 64.9 Å². The molecule has 106 valence electrons. The van der Waals surface area contributed by atoms with Crippen LogP contribution in [0, 0.1) is 5.82 Å². The molecule has 2 N–H and O–H groups in total. The van der Waals surface area contributed by atoms with Crippen molar-refractivity contribution >= 4 is 28.9 Å². The fourth-order valence-corrected chi connectivity index (χ4v) is 2.11. The molecule has 0 bridgehead atoms. The molecule has 0 amide bonds. The highest BCUT2D eigenvalue weighted by molar-refractivity contribution is 6.33. The SMILES string of the molecule is Nc1ccc(-c2nc(-c3ccc(F)c(Cl)c3)no2)cc1Cl. The molecule has 7 heteroatoms. The fourth-order valence-electron chi connectivity index (χ4n) is 1.75. The van der Waals surface area contributed by atoms with Crippen molar-refractivity contribution < 1.29 is 8.91 Å². The first-order valence-corrected chi connectivity index (χ1v) is 6.65. The van der Waals surface area contributed by atoms with E-state index in [2.05, 4.69) is 10.1 Å². The number of anilines is 1. The minimum absolute atomic E-state index is 0.00520. The van der Waals surface area contributed by atoms with Crippen LogP contribution in [0.4, 0.5) is 10.1 Å². The number of rotatable bonds is 2. The van der Waals surface area contributed by atoms with Crippen LogP contribution in [0.15, 0.2) is 40.9 Å². The average molecular weight is 324 g/mol. The summed E-state index contributed by atoms with van der Waals surface area (Å²) in [5.74, 6) is 0.0849. The van der Waals surface area contributed by atoms with Crippen LogP contribution >= 0.6 is 23.2 Å². The molecule has 0 radical (unpaired) electrons. The van der Waals surface area contributed by atoms with E-state index >= 15 is 0 Å². The van der Waals surface area contributed by atoms with Gasteiger partial charge < -0.3 is 10.3 Å². The number of nitrogens with two attached hydrogens (primary N) is 1. The molecule has 0 fully saturated rings. The molecule has 0 spiro atoms. The Hall–Kier alpha value is -2.11. The summed E-state index contributed by atoms with van der Waals surface area (Å²) in [7, 11) is 0. The Bertz CT molecular complexity index is 754. The molecule has 0 saturated carbocycles. The van der Waals surface area contributed by atoms with Crippen LogP contribution in [-0.2, 0) is 0 Å². The van der Waals surface area contributed by atoms with E-state index in [1.807, 2.05) is 0 Å². The van der Waals surface area contributed by atoms with Gasteiger partial charge in [0.05, 0.1) is 15.7 Å². The lowest BCUT2D eigenvalue weighted by atomic mass is 10.2. The number of hydrogen-bond acceptors (Lipinski definition) is 4. The van der Waals surface area contributed by atoms with Gasteiger partial charge in [-0.1, -0.05) is 28.4 Å². The van der Waals surface area contributed by atoms with Crippen LogP contribution in [0.1, 0.15) is 0 Å². The van der Waals surface area contributed by atoms with Gasteiger partial charge in [0.1, 0.15) is 5.82 Å². The zero-order chi connectivity index (χ0) is 15.0. The van der Waals surface area contributed by atoms with Crippen molar-refractivity contribution in [2.24, 2.45) is 0 Å². The van der Waals surface area contributed by atoms with Gasteiger partial charge in [0.15, 0.2) is 0 Å². The molecule has 0 unspecified atom stereocenters. The third kappa shape index (κ3) is 2.70. The summed E-state index contributed by atoms with van der Waals surface area (Å²) in [6.45, 7) is 0. The van der Waals surface area contributed by atoms with E-state index in [0.717, 1.165) is 0 Å². The third-order valence-electron chi connectivity index (χ3n) is 2.85. The highest BCUT2D eigenvalue weighted by Crippen LogP contribution is 2.28. The summed E-state index contributed by atoms with van der Waals surface area (Å²) < 4.78 is 18.3. The summed E-state index contributed by atoms with van der Waals surface area (Å²) in [5.41, 5.74) is 7.30. The quantitative estimate of drug-likeness (QED) is 0.708. The molecular formula is C14H8Cl2FN3O. The summed E-state index contributed by atoms with van der Waals surface area (Å²) in [5, 5.41) is 4.24. The van der Waals surface area contributed by atoms with E-state index in [0.29, 0.717) is 27.7 Å². The second-order valence-corrected chi connectivity index (χ2v) is 5.10. The Balaban J connectivity index is 1.99. The van der Waals surface area contributed by atoms with Gasteiger partial charge in [0.2, 0.25) is 5.82 Å². The van der Waals surface area contributed by atoms with Crippen LogP contribution in [0.25, 0.3) is 22.8 Å². The summed E-state index contributed by atoms with van der Waals surface area (Å²) in [4.78, 5) is 4.23. The lowest BCUT2D eigenvalue weighted by molar-refractivity contribution is 0.432. The van der Waals surface area contributed by atoms with E-state index < -0.39 is 5.82 Å². The Morgan fingerprint density at radius 2 is 1.71 bits per heavy atom. The van der Waals surface area contributed by atoms with E-state index in [9.17, 15) is 4.39 Å². The predicted molar refractivity (Wildman–Crippen MR) is 79.6 cm³/mol. The Kier molecular flexibility index (Phi) is 3.53. The molecule has 0 atom stereocenters. The summed E-state index contributed by atoms with van der Waals surface area (Å²) in [6, 6.07) is 9.19.